The van der Waals surface area contributed by atoms with Crippen LogP contribution in [0.3, 0.4) is 0 Å². The first-order valence-corrected chi connectivity index (χ1v) is 11.6. The molecule has 0 aromatic heterocycles. The molecular weight excluding hydrogens is 445 g/mol. The molecule has 10 heteroatoms. The number of carbonyl (C=O) groups is 2. The average molecular weight is 480 g/mol. The molecule has 2 saturated heterocycles. The first kappa shape index (κ1) is 26.4. The quantitative estimate of drug-likeness (QED) is 0.655. The van der Waals surface area contributed by atoms with E-state index >= 15 is 0 Å². The zero-order valence-corrected chi connectivity index (χ0v) is 21.0. The number of amides is 2. The zero-order chi connectivity index (χ0) is 25.5. The number of hydrogen-bond donors (Lipinski definition) is 1. The summed E-state index contributed by atoms with van der Waals surface area (Å²) in [6, 6.07) is 6.28. The van der Waals surface area contributed by atoms with Crippen LogP contribution in [0.15, 0.2) is 24.3 Å². The van der Waals surface area contributed by atoms with Gasteiger partial charge in [-0.25, -0.2) is 13.6 Å². The minimum Gasteiger partial charge on any atom is -0.444 e. The number of hydrogen-bond acceptors (Lipinski definition) is 5. The lowest BCUT2D eigenvalue weighted by molar-refractivity contribution is -0.133. The largest absolute Gasteiger partial charge is 0.494 e. The van der Waals surface area contributed by atoms with E-state index < -0.39 is 54.4 Å². The van der Waals surface area contributed by atoms with Crippen LogP contribution in [0, 0.1) is 0 Å². The minimum atomic E-state index is -2.92. The number of rotatable bonds is 5. The molecule has 0 bridgehead atoms. The van der Waals surface area contributed by atoms with Crippen molar-refractivity contribution in [3.63, 3.8) is 0 Å². The van der Waals surface area contributed by atoms with Gasteiger partial charge in [0.1, 0.15) is 11.6 Å². The molecule has 1 atom stereocenters. The Morgan fingerprint density at radius 3 is 2.15 bits per heavy atom. The van der Waals surface area contributed by atoms with E-state index in [1.54, 1.807) is 20.8 Å². The molecule has 2 fully saturated rings. The molecule has 0 spiro atoms. The lowest BCUT2D eigenvalue weighted by Crippen LogP contribution is -2.50. The number of ether oxygens (including phenoxy) is 1. The highest BCUT2D eigenvalue weighted by molar-refractivity contribution is 6.62. The Labute approximate surface area is 200 Å². The summed E-state index contributed by atoms with van der Waals surface area (Å²) in [4.78, 5) is 26.5. The van der Waals surface area contributed by atoms with Gasteiger partial charge in [0.25, 0.3) is 5.92 Å². The predicted molar refractivity (Wildman–Crippen MR) is 125 cm³/mol. The maximum atomic E-state index is 13.7. The summed E-state index contributed by atoms with van der Waals surface area (Å²) in [5, 5.41) is 2.57. The summed E-state index contributed by atoms with van der Waals surface area (Å²) in [6.07, 6.45) is -1.03. The Kier molecular flexibility index (Phi) is 7.08. The van der Waals surface area contributed by atoms with Crippen LogP contribution in [0.1, 0.15) is 60.5 Å². The van der Waals surface area contributed by atoms with Crippen LogP contribution in [0.2, 0.25) is 0 Å². The Morgan fingerprint density at radius 1 is 1.12 bits per heavy atom. The maximum Gasteiger partial charge on any atom is 0.494 e. The zero-order valence-electron chi connectivity index (χ0n) is 21.0. The minimum absolute atomic E-state index is 0.0564. The number of carbonyl (C=O) groups excluding carboxylic acids is 2. The van der Waals surface area contributed by atoms with E-state index in [1.165, 1.54) is 0 Å². The van der Waals surface area contributed by atoms with Gasteiger partial charge in [0.05, 0.1) is 17.7 Å². The predicted octanol–water partition coefficient (Wildman–Crippen LogP) is 3.29. The highest BCUT2D eigenvalue weighted by Crippen LogP contribution is 2.36. The number of likely N-dealkylation sites (tertiary alicyclic amines) is 1. The molecule has 0 radical (unpaired) electrons. The summed E-state index contributed by atoms with van der Waals surface area (Å²) in [6.45, 7) is 12.3. The van der Waals surface area contributed by atoms with Crippen molar-refractivity contribution in [3.05, 3.63) is 29.8 Å². The van der Waals surface area contributed by atoms with Crippen molar-refractivity contribution < 1.29 is 32.4 Å². The number of halogens is 2. The molecule has 2 amide bonds. The Balaban J connectivity index is 1.74. The molecule has 7 nitrogen and oxygen atoms in total. The lowest BCUT2D eigenvalue weighted by Gasteiger charge is -2.32. The van der Waals surface area contributed by atoms with Crippen molar-refractivity contribution in [2.45, 2.75) is 90.1 Å². The van der Waals surface area contributed by atoms with Gasteiger partial charge in [0, 0.05) is 19.4 Å². The van der Waals surface area contributed by atoms with Gasteiger partial charge in [0.15, 0.2) is 0 Å². The second-order valence-electron chi connectivity index (χ2n) is 11.1. The van der Waals surface area contributed by atoms with Gasteiger partial charge in [-0.2, -0.15) is 0 Å². The lowest BCUT2D eigenvalue weighted by atomic mass is 9.78. The molecule has 1 aromatic carbocycles. The van der Waals surface area contributed by atoms with E-state index in [0.29, 0.717) is 0 Å². The SMILES string of the molecule is CC(C)(C)OC(=O)N[C@@H](Cc1ccc(B2OC(C)(C)C(C)(C)O2)cc1)C(=O)N1CCC(F)(F)C1. The molecule has 3 rings (SSSR count). The third kappa shape index (κ3) is 6.27. The molecule has 1 aromatic rings. The first-order valence-electron chi connectivity index (χ1n) is 11.6. The molecule has 0 saturated carbocycles. The summed E-state index contributed by atoms with van der Waals surface area (Å²) < 4.78 is 44.8. The summed E-state index contributed by atoms with van der Waals surface area (Å²) in [7, 11) is -0.525. The molecular formula is C24H35BF2N2O5. The van der Waals surface area contributed by atoms with Crippen LogP contribution in [-0.2, 0) is 25.3 Å². The van der Waals surface area contributed by atoms with Gasteiger partial charge in [-0.1, -0.05) is 24.3 Å². The number of alkyl carbamates (subject to hydrolysis) is 1. The van der Waals surface area contributed by atoms with Crippen LogP contribution < -0.4 is 10.8 Å². The molecule has 2 aliphatic heterocycles. The van der Waals surface area contributed by atoms with Crippen molar-refractivity contribution >= 4 is 24.6 Å². The Bertz CT molecular complexity index is 899. The van der Waals surface area contributed by atoms with Crippen molar-refractivity contribution in [3.8, 4) is 0 Å². The van der Waals surface area contributed by atoms with E-state index in [9.17, 15) is 18.4 Å². The average Bonchev–Trinajstić information content (AvgIpc) is 3.14. The fourth-order valence-corrected chi connectivity index (χ4v) is 3.82. The first-order chi connectivity index (χ1) is 15.5. The standard InChI is InChI=1S/C24H35BF2N2O5/c1-21(2,3)32-20(31)28-18(19(30)29-13-12-24(26,27)15-29)14-16-8-10-17(11-9-16)25-33-22(4,5)23(6,7)34-25/h8-11,18H,12-15H2,1-7H3,(H,28,31)/t18-/m0/s1. The van der Waals surface area contributed by atoms with Gasteiger partial charge >= 0.3 is 13.2 Å². The third-order valence-electron chi connectivity index (χ3n) is 6.42. The second-order valence-corrected chi connectivity index (χ2v) is 11.1. The maximum absolute atomic E-state index is 13.7. The van der Waals surface area contributed by atoms with Gasteiger partial charge in [-0.05, 0) is 59.5 Å². The fourth-order valence-electron chi connectivity index (χ4n) is 3.82. The number of benzene rings is 1. The summed E-state index contributed by atoms with van der Waals surface area (Å²) in [5.74, 6) is -3.48. The molecule has 34 heavy (non-hydrogen) atoms. The van der Waals surface area contributed by atoms with E-state index in [1.807, 2.05) is 52.0 Å². The molecule has 2 heterocycles. The Hall–Kier alpha value is -2.20. The van der Waals surface area contributed by atoms with Crippen molar-refractivity contribution in [2.24, 2.45) is 0 Å². The molecule has 1 N–H and O–H groups in total. The van der Waals surface area contributed by atoms with Crippen molar-refractivity contribution in [1.82, 2.24) is 10.2 Å². The van der Waals surface area contributed by atoms with E-state index in [-0.39, 0.29) is 19.4 Å². The molecule has 0 aliphatic carbocycles. The van der Waals surface area contributed by atoms with Crippen LogP contribution in [0.5, 0.6) is 0 Å². The molecule has 0 unspecified atom stereocenters. The van der Waals surface area contributed by atoms with Gasteiger partial charge < -0.3 is 24.3 Å². The highest BCUT2D eigenvalue weighted by atomic mass is 19.3. The van der Waals surface area contributed by atoms with Crippen LogP contribution in [0.4, 0.5) is 13.6 Å². The van der Waals surface area contributed by atoms with Crippen LogP contribution >= 0.6 is 0 Å². The molecule has 188 valence electrons. The summed E-state index contributed by atoms with van der Waals surface area (Å²) in [5.41, 5.74) is -0.125. The van der Waals surface area contributed by atoms with Crippen molar-refractivity contribution in [2.75, 3.05) is 13.1 Å². The number of nitrogens with zero attached hydrogens (tertiary/aromatic N) is 1. The molecule has 2 aliphatic rings. The smallest absolute Gasteiger partial charge is 0.444 e. The van der Waals surface area contributed by atoms with E-state index in [0.717, 1.165) is 15.9 Å². The van der Waals surface area contributed by atoms with Crippen molar-refractivity contribution in [1.29, 1.82) is 0 Å². The van der Waals surface area contributed by atoms with Crippen LogP contribution in [0.25, 0.3) is 0 Å². The van der Waals surface area contributed by atoms with E-state index in [2.05, 4.69) is 5.32 Å². The second kappa shape index (κ2) is 9.11. The van der Waals surface area contributed by atoms with Gasteiger partial charge in [-0.15, -0.1) is 0 Å². The third-order valence-corrected chi connectivity index (χ3v) is 6.42. The number of nitrogens with one attached hydrogen (secondary N) is 1. The number of alkyl halides is 2. The topological polar surface area (TPSA) is 77.1 Å². The fraction of sp³-hybridized carbons (Fsp3) is 0.667. The van der Waals surface area contributed by atoms with Gasteiger partial charge in [0.2, 0.25) is 5.91 Å². The summed E-state index contributed by atoms with van der Waals surface area (Å²) >= 11 is 0. The van der Waals surface area contributed by atoms with Crippen LogP contribution in [-0.4, -0.2) is 65.9 Å². The van der Waals surface area contributed by atoms with E-state index in [4.69, 9.17) is 14.0 Å². The Morgan fingerprint density at radius 2 is 1.68 bits per heavy atom. The normalized spacial score (nSPS) is 21.9. The van der Waals surface area contributed by atoms with Gasteiger partial charge in [-0.3, -0.25) is 4.79 Å². The monoisotopic (exact) mass is 480 g/mol. The highest BCUT2D eigenvalue weighted by Gasteiger charge is 2.51.